The first-order valence-corrected chi connectivity index (χ1v) is 8.71. The molecular formula is C19H19N3OS. The molecule has 1 aromatic heterocycles. The number of aromatic nitrogens is 2. The Labute approximate surface area is 145 Å². The van der Waals surface area contributed by atoms with Gasteiger partial charge in [0.25, 0.3) is 0 Å². The third-order valence-corrected chi connectivity index (χ3v) is 4.60. The first-order valence-electron chi connectivity index (χ1n) is 7.72. The van der Waals surface area contributed by atoms with Gasteiger partial charge in [-0.1, -0.05) is 47.7 Å². The molecule has 0 atom stereocenters. The van der Waals surface area contributed by atoms with Crippen molar-refractivity contribution in [1.29, 1.82) is 0 Å². The van der Waals surface area contributed by atoms with Gasteiger partial charge in [-0.15, -0.1) is 0 Å². The van der Waals surface area contributed by atoms with Gasteiger partial charge in [-0.25, -0.2) is 4.98 Å². The molecule has 2 aromatic carbocycles. The van der Waals surface area contributed by atoms with E-state index in [1.54, 1.807) is 6.20 Å². The average molecular weight is 337 g/mol. The van der Waals surface area contributed by atoms with Crippen LogP contribution in [0, 0.1) is 13.8 Å². The first-order chi connectivity index (χ1) is 11.6. The van der Waals surface area contributed by atoms with Crippen molar-refractivity contribution in [2.45, 2.75) is 19.0 Å². The number of rotatable bonds is 5. The Balaban J connectivity index is 1.64. The van der Waals surface area contributed by atoms with Crippen molar-refractivity contribution in [2.75, 3.05) is 11.1 Å². The molecule has 3 rings (SSSR count). The van der Waals surface area contributed by atoms with Gasteiger partial charge < -0.3 is 5.32 Å². The van der Waals surface area contributed by atoms with Crippen LogP contribution in [-0.4, -0.2) is 21.2 Å². The van der Waals surface area contributed by atoms with E-state index < -0.39 is 0 Å². The van der Waals surface area contributed by atoms with E-state index in [1.165, 1.54) is 17.3 Å². The fourth-order valence-corrected chi connectivity index (χ4v) is 3.22. The average Bonchev–Trinajstić information content (AvgIpc) is 3.05. The fraction of sp³-hybridized carbons (Fsp3) is 0.158. The summed E-state index contributed by atoms with van der Waals surface area (Å²) in [5.74, 6) is 0.284. The number of carbonyl (C=O) groups excluding carboxylic acids is 1. The molecule has 0 unspecified atom stereocenters. The zero-order valence-electron chi connectivity index (χ0n) is 13.7. The molecule has 0 spiro atoms. The number of hydrogen-bond acceptors (Lipinski definition) is 3. The van der Waals surface area contributed by atoms with Gasteiger partial charge in [-0.3, -0.25) is 9.36 Å². The number of aryl methyl sites for hydroxylation is 2. The van der Waals surface area contributed by atoms with Crippen LogP contribution in [0.25, 0.3) is 5.69 Å². The second kappa shape index (κ2) is 7.36. The Hall–Kier alpha value is -2.53. The second-order valence-electron chi connectivity index (χ2n) is 5.57. The summed E-state index contributed by atoms with van der Waals surface area (Å²) >= 11 is 1.42. The van der Waals surface area contributed by atoms with Gasteiger partial charge in [-0.05, 0) is 37.6 Å². The largest absolute Gasteiger partial charge is 0.325 e. The molecule has 5 heteroatoms. The third kappa shape index (κ3) is 3.86. The van der Waals surface area contributed by atoms with Crippen LogP contribution in [0.3, 0.4) is 0 Å². The van der Waals surface area contributed by atoms with Crippen molar-refractivity contribution < 1.29 is 4.79 Å². The number of anilines is 1. The number of carbonyl (C=O) groups is 1. The van der Waals surface area contributed by atoms with E-state index in [9.17, 15) is 4.79 Å². The Kier molecular flexibility index (Phi) is 5.01. The maximum atomic E-state index is 12.2. The van der Waals surface area contributed by atoms with Gasteiger partial charge in [0.05, 0.1) is 5.75 Å². The highest BCUT2D eigenvalue weighted by atomic mass is 32.2. The maximum Gasteiger partial charge on any atom is 0.234 e. The Morgan fingerprint density at radius 3 is 2.71 bits per heavy atom. The molecule has 122 valence electrons. The second-order valence-corrected chi connectivity index (χ2v) is 6.51. The molecule has 4 nitrogen and oxygen atoms in total. The number of imidazole rings is 1. The van der Waals surface area contributed by atoms with Crippen LogP contribution < -0.4 is 5.32 Å². The molecule has 0 bridgehead atoms. The zero-order chi connectivity index (χ0) is 16.9. The normalized spacial score (nSPS) is 10.6. The predicted octanol–water partition coefficient (Wildman–Crippen LogP) is 4.22. The Bertz CT molecular complexity index is 843. The molecule has 1 heterocycles. The summed E-state index contributed by atoms with van der Waals surface area (Å²) < 4.78 is 1.98. The number of thioether (sulfide) groups is 1. The van der Waals surface area contributed by atoms with Crippen molar-refractivity contribution in [1.82, 2.24) is 9.55 Å². The SMILES string of the molecule is Cc1ccc(NC(=O)CSc2nccn2-c2ccccc2)c(C)c1. The number of amides is 1. The van der Waals surface area contributed by atoms with E-state index >= 15 is 0 Å². The molecule has 0 fully saturated rings. The van der Waals surface area contributed by atoms with Gasteiger partial charge >= 0.3 is 0 Å². The molecule has 1 N–H and O–H groups in total. The van der Waals surface area contributed by atoms with E-state index in [-0.39, 0.29) is 5.91 Å². The van der Waals surface area contributed by atoms with Crippen LogP contribution in [-0.2, 0) is 4.79 Å². The predicted molar refractivity (Wildman–Crippen MR) is 98.8 cm³/mol. The highest BCUT2D eigenvalue weighted by molar-refractivity contribution is 7.99. The first kappa shape index (κ1) is 16.3. The van der Waals surface area contributed by atoms with Gasteiger partial charge in [0.2, 0.25) is 5.91 Å². The topological polar surface area (TPSA) is 46.9 Å². The van der Waals surface area contributed by atoms with Gasteiger partial charge in [0.15, 0.2) is 5.16 Å². The van der Waals surface area contributed by atoms with Crippen molar-refractivity contribution in [3.05, 3.63) is 72.1 Å². The monoisotopic (exact) mass is 337 g/mol. The summed E-state index contributed by atoms with van der Waals surface area (Å²) in [4.78, 5) is 16.6. The number of nitrogens with one attached hydrogen (secondary N) is 1. The highest BCUT2D eigenvalue weighted by Gasteiger charge is 2.10. The standard InChI is InChI=1S/C19H19N3OS/c1-14-8-9-17(15(2)12-14)21-18(23)13-24-19-20-10-11-22(19)16-6-4-3-5-7-16/h3-12H,13H2,1-2H3,(H,21,23). The minimum absolute atomic E-state index is 0.0328. The van der Waals surface area contributed by atoms with E-state index in [0.717, 1.165) is 22.1 Å². The fourth-order valence-electron chi connectivity index (χ4n) is 2.45. The van der Waals surface area contributed by atoms with Crippen molar-refractivity contribution >= 4 is 23.4 Å². The summed E-state index contributed by atoms with van der Waals surface area (Å²) in [5.41, 5.74) is 4.15. The number of hydrogen-bond donors (Lipinski definition) is 1. The lowest BCUT2D eigenvalue weighted by atomic mass is 10.1. The molecule has 24 heavy (non-hydrogen) atoms. The van der Waals surface area contributed by atoms with Crippen LogP contribution in [0.5, 0.6) is 0 Å². The summed E-state index contributed by atoms with van der Waals surface area (Å²) in [6.07, 6.45) is 3.65. The minimum Gasteiger partial charge on any atom is -0.325 e. The highest BCUT2D eigenvalue weighted by Crippen LogP contribution is 2.21. The molecule has 0 saturated carbocycles. The van der Waals surface area contributed by atoms with E-state index in [4.69, 9.17) is 0 Å². The Morgan fingerprint density at radius 1 is 1.17 bits per heavy atom. The zero-order valence-corrected chi connectivity index (χ0v) is 14.5. The van der Waals surface area contributed by atoms with Crippen LogP contribution in [0.4, 0.5) is 5.69 Å². The molecule has 0 aliphatic rings. The smallest absolute Gasteiger partial charge is 0.234 e. The summed E-state index contributed by atoms with van der Waals surface area (Å²) in [5, 5.41) is 3.77. The van der Waals surface area contributed by atoms with Crippen LogP contribution in [0.2, 0.25) is 0 Å². The van der Waals surface area contributed by atoms with Crippen molar-refractivity contribution in [2.24, 2.45) is 0 Å². The number of para-hydroxylation sites is 1. The van der Waals surface area contributed by atoms with Crippen LogP contribution in [0.15, 0.2) is 66.1 Å². The van der Waals surface area contributed by atoms with E-state index in [0.29, 0.717) is 5.75 Å². The molecule has 0 aliphatic heterocycles. The lowest BCUT2D eigenvalue weighted by Gasteiger charge is -2.10. The van der Waals surface area contributed by atoms with Gasteiger partial charge in [0, 0.05) is 23.8 Å². The molecule has 0 radical (unpaired) electrons. The third-order valence-electron chi connectivity index (χ3n) is 3.63. The molecule has 1 amide bonds. The van der Waals surface area contributed by atoms with Crippen molar-refractivity contribution in [3.63, 3.8) is 0 Å². The lowest BCUT2D eigenvalue weighted by molar-refractivity contribution is -0.113. The number of benzene rings is 2. The Morgan fingerprint density at radius 2 is 1.96 bits per heavy atom. The van der Waals surface area contributed by atoms with Crippen LogP contribution >= 0.6 is 11.8 Å². The molecule has 3 aromatic rings. The number of nitrogens with zero attached hydrogens (tertiary/aromatic N) is 2. The summed E-state index contributed by atoms with van der Waals surface area (Å²) in [6.45, 7) is 4.04. The quantitative estimate of drug-likeness (QED) is 0.709. The maximum absolute atomic E-state index is 12.2. The van der Waals surface area contributed by atoms with Gasteiger partial charge in [-0.2, -0.15) is 0 Å². The van der Waals surface area contributed by atoms with E-state index in [1.807, 2.05) is 67.1 Å². The molecular weight excluding hydrogens is 318 g/mol. The van der Waals surface area contributed by atoms with E-state index in [2.05, 4.69) is 16.4 Å². The van der Waals surface area contributed by atoms with Crippen molar-refractivity contribution in [3.8, 4) is 5.69 Å². The summed E-state index contributed by atoms with van der Waals surface area (Å²) in [6, 6.07) is 16.0. The molecule has 0 aliphatic carbocycles. The van der Waals surface area contributed by atoms with Gasteiger partial charge in [0.1, 0.15) is 0 Å². The van der Waals surface area contributed by atoms with Crippen LogP contribution in [0.1, 0.15) is 11.1 Å². The minimum atomic E-state index is -0.0328. The summed E-state index contributed by atoms with van der Waals surface area (Å²) in [7, 11) is 0. The molecule has 0 saturated heterocycles. The lowest BCUT2D eigenvalue weighted by Crippen LogP contribution is -2.15.